The molecule has 0 aromatic heterocycles. The Morgan fingerprint density at radius 3 is 2.79 bits per heavy atom. The highest BCUT2D eigenvalue weighted by molar-refractivity contribution is 5.79. The Hall–Kier alpha value is -1.35. The fourth-order valence-electron chi connectivity index (χ4n) is 2.69. The van der Waals surface area contributed by atoms with Gasteiger partial charge in [0.2, 0.25) is 0 Å². The zero-order valence-electron chi connectivity index (χ0n) is 11.9. The molecule has 2 rings (SSSR count). The molecule has 1 aliphatic heterocycles. The number of carbonyl (C=O) groups is 1. The van der Waals surface area contributed by atoms with Gasteiger partial charge in [0.1, 0.15) is 12.0 Å². The van der Waals surface area contributed by atoms with Crippen LogP contribution in [0.15, 0.2) is 12.1 Å². The molecule has 0 saturated heterocycles. The van der Waals surface area contributed by atoms with Gasteiger partial charge in [-0.1, -0.05) is 13.8 Å². The zero-order valence-corrected chi connectivity index (χ0v) is 11.9. The van der Waals surface area contributed by atoms with Gasteiger partial charge in [-0.2, -0.15) is 0 Å². The van der Waals surface area contributed by atoms with Crippen LogP contribution in [0.3, 0.4) is 0 Å². The quantitative estimate of drug-likeness (QED) is 0.737. The summed E-state index contributed by atoms with van der Waals surface area (Å²) in [6.45, 7) is 8.07. The van der Waals surface area contributed by atoms with E-state index in [-0.39, 0.29) is 0 Å². The summed E-state index contributed by atoms with van der Waals surface area (Å²) >= 11 is 0. The molecule has 1 aromatic carbocycles. The number of aldehydes is 1. The number of carbonyl (C=O) groups excluding carboxylic acids is 1. The first kappa shape index (κ1) is 14.1. The van der Waals surface area contributed by atoms with Crippen molar-refractivity contribution in [2.45, 2.75) is 39.7 Å². The highest BCUT2D eigenvalue weighted by Crippen LogP contribution is 2.30. The third kappa shape index (κ3) is 3.16. The predicted molar refractivity (Wildman–Crippen MR) is 76.9 cm³/mol. The Bertz CT molecular complexity index is 443. The molecule has 0 radical (unpaired) electrons. The third-order valence-corrected chi connectivity index (χ3v) is 3.61. The van der Waals surface area contributed by atoms with Gasteiger partial charge in [0, 0.05) is 24.2 Å². The molecule has 19 heavy (non-hydrogen) atoms. The summed E-state index contributed by atoms with van der Waals surface area (Å²) in [5, 5.41) is 0. The first-order chi connectivity index (χ1) is 9.30. The Balaban J connectivity index is 2.28. The summed E-state index contributed by atoms with van der Waals surface area (Å²) in [6.07, 6.45) is 4.11. The molecule has 0 N–H and O–H groups in total. The molecule has 3 nitrogen and oxygen atoms in total. The maximum Gasteiger partial charge on any atom is 0.150 e. The lowest BCUT2D eigenvalue weighted by molar-refractivity contribution is 0.112. The van der Waals surface area contributed by atoms with Crippen LogP contribution in [0, 0.1) is 0 Å². The molecule has 1 aliphatic rings. The fraction of sp³-hybridized carbons (Fsp3) is 0.562. The summed E-state index contributed by atoms with van der Waals surface area (Å²) in [7, 11) is 0. The lowest BCUT2D eigenvalue weighted by Crippen LogP contribution is -2.32. The average Bonchev–Trinajstić information content (AvgIpc) is 2.45. The van der Waals surface area contributed by atoms with Gasteiger partial charge in [0.25, 0.3) is 0 Å². The van der Waals surface area contributed by atoms with Gasteiger partial charge in [-0.15, -0.1) is 0 Å². The van der Waals surface area contributed by atoms with E-state index in [0.717, 1.165) is 63.1 Å². The standard InChI is InChI=1S/C16H23NO2/c1-3-8-17-9-7-14-15(11-17)13(12-18)5-6-16(14)19-10-4-2/h5-6,12H,3-4,7-11H2,1-2H3. The summed E-state index contributed by atoms with van der Waals surface area (Å²) in [6, 6.07) is 3.85. The number of rotatable bonds is 6. The summed E-state index contributed by atoms with van der Waals surface area (Å²) in [4.78, 5) is 13.6. The second-order valence-corrected chi connectivity index (χ2v) is 5.10. The SMILES string of the molecule is CCCOc1ccc(C=O)c2c1CCN(CCC)C2. The van der Waals surface area contributed by atoms with Crippen molar-refractivity contribution in [3.8, 4) is 5.75 Å². The highest BCUT2D eigenvalue weighted by atomic mass is 16.5. The second kappa shape index (κ2) is 6.71. The number of benzene rings is 1. The molecule has 0 unspecified atom stereocenters. The van der Waals surface area contributed by atoms with E-state index >= 15 is 0 Å². The molecular formula is C16H23NO2. The summed E-state index contributed by atoms with van der Waals surface area (Å²) in [5.41, 5.74) is 3.23. The monoisotopic (exact) mass is 261 g/mol. The Morgan fingerprint density at radius 1 is 1.26 bits per heavy atom. The zero-order chi connectivity index (χ0) is 13.7. The predicted octanol–water partition coefficient (Wildman–Crippen LogP) is 3.06. The van der Waals surface area contributed by atoms with E-state index in [2.05, 4.69) is 18.7 Å². The molecular weight excluding hydrogens is 238 g/mol. The van der Waals surface area contributed by atoms with Gasteiger partial charge >= 0.3 is 0 Å². The van der Waals surface area contributed by atoms with Crippen LogP contribution in [-0.2, 0) is 13.0 Å². The molecule has 1 aromatic rings. The van der Waals surface area contributed by atoms with Crippen LogP contribution in [0.1, 0.15) is 48.2 Å². The minimum atomic E-state index is 0.742. The molecule has 0 aliphatic carbocycles. The Labute approximate surface area is 115 Å². The maximum absolute atomic E-state index is 11.2. The molecule has 0 saturated carbocycles. The van der Waals surface area contributed by atoms with Gasteiger partial charge in [-0.3, -0.25) is 9.69 Å². The molecule has 1 heterocycles. The minimum Gasteiger partial charge on any atom is -0.493 e. The van der Waals surface area contributed by atoms with Crippen molar-refractivity contribution < 1.29 is 9.53 Å². The molecule has 0 amide bonds. The van der Waals surface area contributed by atoms with E-state index in [4.69, 9.17) is 4.74 Å². The third-order valence-electron chi connectivity index (χ3n) is 3.61. The molecule has 0 spiro atoms. The minimum absolute atomic E-state index is 0.742. The van der Waals surface area contributed by atoms with Gasteiger partial charge < -0.3 is 4.74 Å². The molecule has 3 heteroatoms. The van der Waals surface area contributed by atoms with E-state index in [9.17, 15) is 4.79 Å². The van der Waals surface area contributed by atoms with Crippen molar-refractivity contribution in [1.82, 2.24) is 4.90 Å². The number of hydrogen-bond donors (Lipinski definition) is 0. The largest absolute Gasteiger partial charge is 0.493 e. The number of hydrogen-bond acceptors (Lipinski definition) is 3. The number of nitrogens with zero attached hydrogens (tertiary/aromatic N) is 1. The van der Waals surface area contributed by atoms with E-state index in [1.54, 1.807) is 0 Å². The van der Waals surface area contributed by atoms with Crippen LogP contribution in [-0.4, -0.2) is 30.9 Å². The van der Waals surface area contributed by atoms with Crippen molar-refractivity contribution in [3.63, 3.8) is 0 Å². The van der Waals surface area contributed by atoms with Crippen LogP contribution in [0.25, 0.3) is 0 Å². The summed E-state index contributed by atoms with van der Waals surface area (Å²) in [5.74, 6) is 0.971. The topological polar surface area (TPSA) is 29.5 Å². The van der Waals surface area contributed by atoms with Gasteiger partial charge in [0.05, 0.1) is 6.61 Å². The van der Waals surface area contributed by atoms with E-state index in [1.165, 1.54) is 11.1 Å². The fourth-order valence-corrected chi connectivity index (χ4v) is 2.69. The van der Waals surface area contributed by atoms with Crippen molar-refractivity contribution in [1.29, 1.82) is 0 Å². The van der Waals surface area contributed by atoms with Gasteiger partial charge in [-0.25, -0.2) is 0 Å². The van der Waals surface area contributed by atoms with E-state index in [1.807, 2.05) is 12.1 Å². The van der Waals surface area contributed by atoms with Crippen molar-refractivity contribution in [3.05, 3.63) is 28.8 Å². The second-order valence-electron chi connectivity index (χ2n) is 5.10. The van der Waals surface area contributed by atoms with Crippen LogP contribution >= 0.6 is 0 Å². The average molecular weight is 261 g/mol. The van der Waals surface area contributed by atoms with Crippen LogP contribution < -0.4 is 4.74 Å². The van der Waals surface area contributed by atoms with Crippen LogP contribution in [0.4, 0.5) is 0 Å². The first-order valence-corrected chi connectivity index (χ1v) is 7.25. The van der Waals surface area contributed by atoms with Crippen LogP contribution in [0.5, 0.6) is 5.75 Å². The molecule has 0 fully saturated rings. The molecule has 0 atom stereocenters. The highest BCUT2D eigenvalue weighted by Gasteiger charge is 2.21. The lowest BCUT2D eigenvalue weighted by Gasteiger charge is -2.30. The van der Waals surface area contributed by atoms with Crippen molar-refractivity contribution in [2.75, 3.05) is 19.7 Å². The normalized spacial score (nSPS) is 15.1. The first-order valence-electron chi connectivity index (χ1n) is 7.25. The summed E-state index contributed by atoms with van der Waals surface area (Å²) < 4.78 is 5.81. The maximum atomic E-state index is 11.2. The molecule has 104 valence electrons. The van der Waals surface area contributed by atoms with E-state index in [0.29, 0.717) is 0 Å². The van der Waals surface area contributed by atoms with Crippen molar-refractivity contribution in [2.24, 2.45) is 0 Å². The number of fused-ring (bicyclic) bond motifs is 1. The number of ether oxygens (including phenoxy) is 1. The smallest absolute Gasteiger partial charge is 0.150 e. The lowest BCUT2D eigenvalue weighted by atomic mass is 9.94. The Morgan fingerprint density at radius 2 is 2.11 bits per heavy atom. The van der Waals surface area contributed by atoms with Crippen LogP contribution in [0.2, 0.25) is 0 Å². The Kier molecular flexibility index (Phi) is 4.97. The van der Waals surface area contributed by atoms with Gasteiger partial charge in [0.15, 0.2) is 0 Å². The van der Waals surface area contributed by atoms with E-state index < -0.39 is 0 Å². The molecule has 0 bridgehead atoms. The van der Waals surface area contributed by atoms with Gasteiger partial charge in [-0.05, 0) is 43.5 Å². The van der Waals surface area contributed by atoms with Crippen molar-refractivity contribution >= 4 is 6.29 Å².